The number of halogens is 1. The van der Waals surface area contributed by atoms with Crippen molar-refractivity contribution >= 4 is 9.84 Å². The van der Waals surface area contributed by atoms with Crippen LogP contribution < -0.4 is 5.73 Å². The summed E-state index contributed by atoms with van der Waals surface area (Å²) < 4.78 is 39.1. The van der Waals surface area contributed by atoms with Crippen LogP contribution in [0.25, 0.3) is 0 Å². The Labute approximate surface area is 120 Å². The fourth-order valence-electron chi connectivity index (χ4n) is 3.10. The van der Waals surface area contributed by atoms with E-state index >= 15 is 0 Å². The Balaban J connectivity index is 2.30. The van der Waals surface area contributed by atoms with Crippen LogP contribution in [0.3, 0.4) is 0 Å². The molecule has 1 aromatic carbocycles. The molecule has 3 atom stereocenters. The van der Waals surface area contributed by atoms with Crippen LogP contribution in [0, 0.1) is 11.7 Å². The minimum atomic E-state index is -3.69. The van der Waals surface area contributed by atoms with Crippen molar-refractivity contribution in [2.75, 3.05) is 0 Å². The number of hydrogen-bond acceptors (Lipinski definition) is 3. The minimum absolute atomic E-state index is 0.211. The predicted octanol–water partition coefficient (Wildman–Crippen LogP) is 2.90. The van der Waals surface area contributed by atoms with Gasteiger partial charge in [0.1, 0.15) is 10.7 Å². The van der Waals surface area contributed by atoms with Crippen molar-refractivity contribution in [1.29, 1.82) is 0 Å². The minimum Gasteiger partial charge on any atom is -0.327 e. The van der Waals surface area contributed by atoms with Gasteiger partial charge in [0, 0.05) is 6.04 Å². The topological polar surface area (TPSA) is 60.2 Å². The molecule has 0 saturated heterocycles. The smallest absolute Gasteiger partial charge is 0.185 e. The zero-order valence-electron chi connectivity index (χ0n) is 11.8. The molecule has 3 unspecified atom stereocenters. The molecule has 0 amide bonds. The Bertz CT molecular complexity index is 559. The molecule has 5 heteroatoms. The zero-order valence-corrected chi connectivity index (χ0v) is 12.6. The number of hydrogen-bond donors (Lipinski definition) is 1. The second-order valence-electron chi connectivity index (χ2n) is 5.65. The number of sulfone groups is 1. The molecule has 0 radical (unpaired) electrons. The molecule has 1 saturated carbocycles. The highest BCUT2D eigenvalue weighted by molar-refractivity contribution is 7.92. The zero-order chi connectivity index (χ0) is 14.8. The Kier molecular flexibility index (Phi) is 4.81. The molecule has 1 fully saturated rings. The lowest BCUT2D eigenvalue weighted by atomic mass is 9.83. The van der Waals surface area contributed by atoms with Gasteiger partial charge in [-0.05, 0) is 37.3 Å². The summed E-state index contributed by atoms with van der Waals surface area (Å²) >= 11 is 0. The fraction of sp³-hybridized carbons (Fsp3) is 0.600. The summed E-state index contributed by atoms with van der Waals surface area (Å²) in [7, 11) is -3.69. The molecule has 3 nitrogen and oxygen atoms in total. The van der Waals surface area contributed by atoms with Gasteiger partial charge in [-0.2, -0.15) is 0 Å². The summed E-state index contributed by atoms with van der Waals surface area (Å²) in [5.41, 5.74) is 6.01. The molecule has 2 rings (SSSR count). The average Bonchev–Trinajstić information content (AvgIpc) is 2.41. The first-order valence-electron chi connectivity index (χ1n) is 7.20. The number of rotatable bonds is 4. The fourth-order valence-corrected chi connectivity index (χ4v) is 5.16. The Morgan fingerprint density at radius 3 is 2.65 bits per heavy atom. The first-order chi connectivity index (χ1) is 9.46. The van der Waals surface area contributed by atoms with Crippen LogP contribution in [-0.2, 0) is 9.84 Å². The van der Waals surface area contributed by atoms with E-state index in [4.69, 9.17) is 5.73 Å². The lowest BCUT2D eigenvalue weighted by Crippen LogP contribution is -2.45. The van der Waals surface area contributed by atoms with Crippen molar-refractivity contribution in [3.8, 4) is 0 Å². The van der Waals surface area contributed by atoms with Crippen molar-refractivity contribution in [1.82, 2.24) is 0 Å². The standard InChI is InChI=1S/C15H22FNO2S/c1-2-5-11-8-9-13(17)15(10-11)20(18,19)14-7-4-3-6-12(14)16/h3-4,6-7,11,13,15H,2,5,8-10,17H2,1H3. The summed E-state index contributed by atoms with van der Waals surface area (Å²) in [5, 5.41) is -0.662. The van der Waals surface area contributed by atoms with Crippen LogP contribution in [-0.4, -0.2) is 19.7 Å². The average molecular weight is 299 g/mol. The second-order valence-corrected chi connectivity index (χ2v) is 7.78. The third kappa shape index (κ3) is 3.04. The van der Waals surface area contributed by atoms with E-state index in [0.29, 0.717) is 18.8 Å². The second kappa shape index (κ2) is 6.22. The van der Waals surface area contributed by atoms with E-state index in [2.05, 4.69) is 6.92 Å². The van der Waals surface area contributed by atoms with E-state index in [1.54, 1.807) is 6.07 Å². The van der Waals surface area contributed by atoms with Gasteiger partial charge in [-0.15, -0.1) is 0 Å². The van der Waals surface area contributed by atoms with Gasteiger partial charge in [0.2, 0.25) is 0 Å². The lowest BCUT2D eigenvalue weighted by molar-refractivity contribution is 0.308. The van der Waals surface area contributed by atoms with Crippen LogP contribution in [0.15, 0.2) is 29.2 Å². The Morgan fingerprint density at radius 1 is 1.30 bits per heavy atom. The normalized spacial score (nSPS) is 27.4. The molecular weight excluding hydrogens is 277 g/mol. The number of nitrogens with two attached hydrogens (primary N) is 1. The molecule has 1 aromatic rings. The van der Waals surface area contributed by atoms with Crippen LogP contribution in [0.1, 0.15) is 39.0 Å². The Morgan fingerprint density at radius 2 is 2.00 bits per heavy atom. The van der Waals surface area contributed by atoms with Crippen molar-refractivity contribution in [3.63, 3.8) is 0 Å². The van der Waals surface area contributed by atoms with Crippen LogP contribution in [0.4, 0.5) is 4.39 Å². The van der Waals surface area contributed by atoms with E-state index in [0.717, 1.165) is 19.3 Å². The molecule has 0 aliphatic heterocycles. The SMILES string of the molecule is CCCC1CCC(N)C(S(=O)(=O)c2ccccc2F)C1. The maximum absolute atomic E-state index is 13.8. The number of benzene rings is 1. The summed E-state index contributed by atoms with van der Waals surface area (Å²) in [6.45, 7) is 2.09. The Hall–Kier alpha value is -0.940. The van der Waals surface area contributed by atoms with Crippen LogP contribution >= 0.6 is 0 Å². The molecule has 0 aromatic heterocycles. The van der Waals surface area contributed by atoms with E-state index < -0.39 is 26.9 Å². The molecule has 0 bridgehead atoms. The van der Waals surface area contributed by atoms with Crippen LogP contribution in [0.5, 0.6) is 0 Å². The van der Waals surface area contributed by atoms with Gasteiger partial charge in [0.15, 0.2) is 9.84 Å². The van der Waals surface area contributed by atoms with Gasteiger partial charge in [-0.1, -0.05) is 31.9 Å². The highest BCUT2D eigenvalue weighted by Crippen LogP contribution is 2.34. The molecule has 1 aliphatic carbocycles. The molecule has 20 heavy (non-hydrogen) atoms. The molecule has 2 N–H and O–H groups in total. The van der Waals surface area contributed by atoms with E-state index in [-0.39, 0.29) is 4.90 Å². The monoisotopic (exact) mass is 299 g/mol. The third-order valence-electron chi connectivity index (χ3n) is 4.19. The lowest BCUT2D eigenvalue weighted by Gasteiger charge is -2.33. The van der Waals surface area contributed by atoms with Gasteiger partial charge in [-0.25, -0.2) is 12.8 Å². The van der Waals surface area contributed by atoms with Crippen molar-refractivity contribution in [3.05, 3.63) is 30.1 Å². The maximum Gasteiger partial charge on any atom is 0.185 e. The summed E-state index contributed by atoms with van der Waals surface area (Å²) in [4.78, 5) is -0.211. The predicted molar refractivity (Wildman–Crippen MR) is 77.6 cm³/mol. The highest BCUT2D eigenvalue weighted by Gasteiger charge is 2.38. The maximum atomic E-state index is 13.8. The first kappa shape index (κ1) is 15.4. The van der Waals surface area contributed by atoms with Crippen LogP contribution in [0.2, 0.25) is 0 Å². The van der Waals surface area contributed by atoms with Crippen molar-refractivity contribution < 1.29 is 12.8 Å². The largest absolute Gasteiger partial charge is 0.327 e. The molecule has 0 heterocycles. The molecule has 1 aliphatic rings. The van der Waals surface area contributed by atoms with Gasteiger partial charge in [0.25, 0.3) is 0 Å². The van der Waals surface area contributed by atoms with Gasteiger partial charge < -0.3 is 5.73 Å². The van der Waals surface area contributed by atoms with Crippen molar-refractivity contribution in [2.45, 2.75) is 55.2 Å². The molecular formula is C15H22FNO2S. The molecule has 0 spiro atoms. The van der Waals surface area contributed by atoms with E-state index in [9.17, 15) is 12.8 Å². The van der Waals surface area contributed by atoms with E-state index in [1.165, 1.54) is 18.2 Å². The highest BCUT2D eigenvalue weighted by atomic mass is 32.2. The summed E-state index contributed by atoms with van der Waals surface area (Å²) in [6.07, 6.45) is 4.26. The third-order valence-corrected chi connectivity index (χ3v) is 6.47. The van der Waals surface area contributed by atoms with Gasteiger partial charge in [-0.3, -0.25) is 0 Å². The van der Waals surface area contributed by atoms with Gasteiger partial charge in [0.05, 0.1) is 5.25 Å². The van der Waals surface area contributed by atoms with E-state index in [1.807, 2.05) is 0 Å². The summed E-state index contributed by atoms with van der Waals surface area (Å²) in [6, 6.07) is 5.17. The quantitative estimate of drug-likeness (QED) is 0.930. The summed E-state index contributed by atoms with van der Waals surface area (Å²) in [5.74, 6) is -0.302. The van der Waals surface area contributed by atoms with Crippen molar-refractivity contribution in [2.24, 2.45) is 11.7 Å². The molecule has 112 valence electrons. The first-order valence-corrected chi connectivity index (χ1v) is 8.75. The van der Waals surface area contributed by atoms with Gasteiger partial charge >= 0.3 is 0 Å².